The van der Waals surface area contributed by atoms with Gasteiger partial charge >= 0.3 is 0 Å². The molecule has 0 bridgehead atoms. The van der Waals surface area contributed by atoms with Crippen LogP contribution in [-0.4, -0.2) is 27.5 Å². The maximum Gasteiger partial charge on any atom is 0.262 e. The first-order valence-corrected chi connectivity index (χ1v) is 12.6. The summed E-state index contributed by atoms with van der Waals surface area (Å²) in [5.74, 6) is 0.706. The number of benzene rings is 3. The van der Waals surface area contributed by atoms with Crippen LogP contribution in [0.5, 0.6) is 11.5 Å². The van der Waals surface area contributed by atoms with Gasteiger partial charge in [0.25, 0.3) is 15.9 Å². The number of nitrogens with one attached hydrogen (secondary N) is 2. The Morgan fingerprint density at radius 3 is 2.35 bits per heavy atom. The summed E-state index contributed by atoms with van der Waals surface area (Å²) in [6.45, 7) is 6.97. The molecule has 0 aromatic heterocycles. The van der Waals surface area contributed by atoms with Crippen molar-refractivity contribution in [1.29, 1.82) is 0 Å². The van der Waals surface area contributed by atoms with Gasteiger partial charge < -0.3 is 14.8 Å². The second kappa shape index (κ2) is 9.77. The quantitative estimate of drug-likeness (QED) is 0.531. The van der Waals surface area contributed by atoms with Crippen molar-refractivity contribution >= 4 is 21.6 Å². The molecule has 1 amide bonds. The summed E-state index contributed by atoms with van der Waals surface area (Å²) in [4.78, 5) is 12.8. The van der Waals surface area contributed by atoms with Crippen LogP contribution in [0.15, 0.2) is 65.6 Å². The Morgan fingerprint density at radius 1 is 0.912 bits per heavy atom. The molecule has 7 nitrogen and oxygen atoms in total. The smallest absolute Gasteiger partial charge is 0.262 e. The molecule has 1 aliphatic rings. The third-order valence-corrected chi connectivity index (χ3v) is 7.06. The fourth-order valence-electron chi connectivity index (χ4n) is 3.80. The van der Waals surface area contributed by atoms with Crippen molar-refractivity contribution in [2.75, 3.05) is 17.9 Å². The van der Waals surface area contributed by atoms with Crippen molar-refractivity contribution < 1.29 is 22.7 Å². The van der Waals surface area contributed by atoms with Crippen LogP contribution in [0.4, 0.5) is 5.69 Å². The Morgan fingerprint density at radius 2 is 1.62 bits per heavy atom. The molecule has 1 unspecified atom stereocenters. The van der Waals surface area contributed by atoms with Gasteiger partial charge in [-0.15, -0.1) is 0 Å². The lowest BCUT2D eigenvalue weighted by Gasteiger charge is -2.17. The number of hydrogen-bond donors (Lipinski definition) is 2. The number of sulfonamides is 1. The molecule has 8 heteroatoms. The lowest BCUT2D eigenvalue weighted by Crippen LogP contribution is -2.27. The van der Waals surface area contributed by atoms with E-state index in [4.69, 9.17) is 9.47 Å². The van der Waals surface area contributed by atoms with Gasteiger partial charge in [0.05, 0.1) is 24.2 Å². The molecule has 3 aromatic carbocycles. The van der Waals surface area contributed by atoms with Crippen LogP contribution < -0.4 is 19.5 Å². The molecule has 0 fully saturated rings. The molecule has 178 valence electrons. The van der Waals surface area contributed by atoms with E-state index >= 15 is 0 Å². The predicted octanol–water partition coefficient (Wildman–Crippen LogP) is 4.76. The maximum absolute atomic E-state index is 12.9. The number of carbonyl (C=O) groups excluding carboxylic acids is 1. The summed E-state index contributed by atoms with van der Waals surface area (Å²) in [6.07, 6.45) is 0.734. The summed E-state index contributed by atoms with van der Waals surface area (Å²) in [5, 5.41) is 3.00. The number of fused-ring (bicyclic) bond motifs is 1. The van der Waals surface area contributed by atoms with Gasteiger partial charge in [-0.2, -0.15) is 0 Å². The van der Waals surface area contributed by atoms with Crippen LogP contribution in [0, 0.1) is 13.8 Å². The number of carbonyl (C=O) groups is 1. The lowest BCUT2D eigenvalue weighted by molar-refractivity contribution is 0.0940. The van der Waals surface area contributed by atoms with Gasteiger partial charge in [-0.05, 0) is 68.3 Å². The SMILES string of the molecule is Cc1ccc(C)c(C(C)NC(=O)c2ccc(NS(=O)(=O)c3ccc4c(c3)OCCCO4)cc2)c1. The van der Waals surface area contributed by atoms with Gasteiger partial charge in [0, 0.05) is 23.7 Å². The fraction of sp³-hybridized carbons (Fsp3) is 0.269. The molecule has 3 aromatic rings. The van der Waals surface area contributed by atoms with E-state index in [0.717, 1.165) is 23.1 Å². The third-order valence-electron chi connectivity index (χ3n) is 5.68. The summed E-state index contributed by atoms with van der Waals surface area (Å²) >= 11 is 0. The van der Waals surface area contributed by atoms with Crippen LogP contribution in [-0.2, 0) is 10.0 Å². The normalized spacial score (nSPS) is 14.1. The van der Waals surface area contributed by atoms with Crippen molar-refractivity contribution in [3.8, 4) is 11.5 Å². The zero-order chi connectivity index (χ0) is 24.3. The topological polar surface area (TPSA) is 93.7 Å². The van der Waals surface area contributed by atoms with Crippen LogP contribution in [0.2, 0.25) is 0 Å². The van der Waals surface area contributed by atoms with Crippen molar-refractivity contribution in [2.45, 2.75) is 38.1 Å². The predicted molar refractivity (Wildman–Crippen MR) is 131 cm³/mol. The van der Waals surface area contributed by atoms with E-state index in [1.807, 2.05) is 32.9 Å². The molecule has 0 spiro atoms. The second-order valence-corrected chi connectivity index (χ2v) is 10.1. The molecular weight excluding hydrogens is 452 g/mol. The molecular formula is C26H28N2O5S. The van der Waals surface area contributed by atoms with E-state index in [0.29, 0.717) is 36.0 Å². The lowest BCUT2D eigenvalue weighted by atomic mass is 9.99. The Hall–Kier alpha value is -3.52. The van der Waals surface area contributed by atoms with E-state index in [1.165, 1.54) is 12.1 Å². The number of aryl methyl sites for hydroxylation is 2. The highest BCUT2D eigenvalue weighted by Gasteiger charge is 2.19. The summed E-state index contributed by atoms with van der Waals surface area (Å²) < 4.78 is 39.4. The monoisotopic (exact) mass is 480 g/mol. The first-order valence-electron chi connectivity index (χ1n) is 11.1. The van der Waals surface area contributed by atoms with Crippen molar-refractivity contribution in [1.82, 2.24) is 5.32 Å². The average molecular weight is 481 g/mol. The van der Waals surface area contributed by atoms with Crippen LogP contribution in [0.25, 0.3) is 0 Å². The number of anilines is 1. The van der Waals surface area contributed by atoms with Gasteiger partial charge in [0.15, 0.2) is 11.5 Å². The Bertz CT molecular complexity index is 1300. The largest absolute Gasteiger partial charge is 0.490 e. The first-order chi connectivity index (χ1) is 16.2. The Kier molecular flexibility index (Phi) is 6.79. The van der Waals surface area contributed by atoms with Gasteiger partial charge in [0.1, 0.15) is 0 Å². The Balaban J connectivity index is 1.44. The number of amides is 1. The van der Waals surface area contributed by atoms with E-state index < -0.39 is 10.0 Å². The number of hydrogen-bond acceptors (Lipinski definition) is 5. The van der Waals surface area contributed by atoms with Crippen molar-refractivity contribution in [3.63, 3.8) is 0 Å². The average Bonchev–Trinajstić information content (AvgIpc) is 3.05. The highest BCUT2D eigenvalue weighted by atomic mass is 32.2. The van der Waals surface area contributed by atoms with E-state index in [-0.39, 0.29) is 16.8 Å². The molecule has 0 saturated carbocycles. The molecule has 0 aliphatic carbocycles. The molecule has 1 aliphatic heterocycles. The molecule has 1 atom stereocenters. The van der Waals surface area contributed by atoms with Gasteiger partial charge in [-0.1, -0.05) is 23.8 Å². The highest BCUT2D eigenvalue weighted by Crippen LogP contribution is 2.32. The summed E-state index contributed by atoms with van der Waals surface area (Å²) in [7, 11) is -3.84. The van der Waals surface area contributed by atoms with Crippen LogP contribution >= 0.6 is 0 Å². The minimum Gasteiger partial charge on any atom is -0.490 e. The minimum absolute atomic E-state index is 0.0703. The standard InChI is InChI=1S/C26H28N2O5S/c1-17-5-6-18(2)23(15-17)19(3)27-26(29)20-7-9-21(10-8-20)28-34(30,31)22-11-12-24-25(16-22)33-14-4-13-32-24/h5-12,15-16,19,28H,4,13-14H2,1-3H3,(H,27,29). The van der Waals surface area contributed by atoms with Crippen molar-refractivity contribution in [2.24, 2.45) is 0 Å². The number of rotatable bonds is 6. The fourth-order valence-corrected chi connectivity index (χ4v) is 4.87. The first kappa shape index (κ1) is 23.6. The maximum atomic E-state index is 12.9. The molecule has 34 heavy (non-hydrogen) atoms. The van der Waals surface area contributed by atoms with Crippen LogP contribution in [0.1, 0.15) is 46.4 Å². The zero-order valence-electron chi connectivity index (χ0n) is 19.4. The van der Waals surface area contributed by atoms with Crippen molar-refractivity contribution in [3.05, 3.63) is 82.9 Å². The van der Waals surface area contributed by atoms with E-state index in [9.17, 15) is 13.2 Å². The number of ether oxygens (including phenoxy) is 2. The van der Waals surface area contributed by atoms with E-state index in [1.54, 1.807) is 30.3 Å². The Labute approximate surface area is 200 Å². The second-order valence-electron chi connectivity index (χ2n) is 8.40. The van der Waals surface area contributed by atoms with Crippen LogP contribution in [0.3, 0.4) is 0 Å². The summed E-state index contributed by atoms with van der Waals surface area (Å²) in [6, 6.07) is 16.8. The molecule has 0 radical (unpaired) electrons. The molecule has 0 saturated heterocycles. The van der Waals surface area contributed by atoms with Gasteiger partial charge in [-0.25, -0.2) is 8.42 Å². The zero-order valence-corrected chi connectivity index (χ0v) is 20.2. The molecule has 2 N–H and O–H groups in total. The molecule has 4 rings (SSSR count). The highest BCUT2D eigenvalue weighted by molar-refractivity contribution is 7.92. The van der Waals surface area contributed by atoms with Gasteiger partial charge in [0.2, 0.25) is 0 Å². The van der Waals surface area contributed by atoms with Gasteiger partial charge in [-0.3, -0.25) is 9.52 Å². The third kappa shape index (κ3) is 5.34. The van der Waals surface area contributed by atoms with E-state index in [2.05, 4.69) is 16.1 Å². The minimum atomic E-state index is -3.84. The summed E-state index contributed by atoms with van der Waals surface area (Å²) in [5.41, 5.74) is 4.10. The molecule has 1 heterocycles.